The van der Waals surface area contributed by atoms with Gasteiger partial charge in [0.25, 0.3) is 0 Å². The van der Waals surface area contributed by atoms with Gasteiger partial charge in [0.05, 0.1) is 5.56 Å². The second-order valence-corrected chi connectivity index (χ2v) is 3.98. The summed E-state index contributed by atoms with van der Waals surface area (Å²) in [5, 5.41) is 9.07. The van der Waals surface area contributed by atoms with Crippen LogP contribution in [-0.4, -0.2) is 16.1 Å². The number of aromatic carboxylic acids is 1. The average molecular weight is 233 g/mol. The molecule has 1 N–H and O–H groups in total. The lowest BCUT2D eigenvalue weighted by Crippen LogP contribution is -2.07. The number of allylic oxidation sites excluding steroid dienone is 4. The minimum Gasteiger partial charge on any atom is -0.478 e. The Morgan fingerprint density at radius 2 is 2.12 bits per heavy atom. The van der Waals surface area contributed by atoms with Crippen LogP contribution in [0.5, 0.6) is 0 Å². The molecule has 0 amide bonds. The number of carboxylic acids is 1. The van der Waals surface area contributed by atoms with Gasteiger partial charge in [-0.3, -0.25) is 4.98 Å². The first-order valence-corrected chi connectivity index (χ1v) is 5.31. The molecule has 0 atom stereocenters. The summed E-state index contributed by atoms with van der Waals surface area (Å²) in [7, 11) is 0. The van der Waals surface area contributed by atoms with Gasteiger partial charge in [0, 0.05) is 12.4 Å². The number of rotatable bonds is 1. The number of aromatic nitrogens is 1. The molecule has 17 heavy (non-hydrogen) atoms. The van der Waals surface area contributed by atoms with Gasteiger partial charge in [0.15, 0.2) is 0 Å². The highest BCUT2D eigenvalue weighted by atomic mass is 19.1. The Hall–Kier alpha value is -1.97. The first-order valence-electron chi connectivity index (χ1n) is 5.31. The van der Waals surface area contributed by atoms with Crippen molar-refractivity contribution in [1.82, 2.24) is 4.98 Å². The van der Waals surface area contributed by atoms with Gasteiger partial charge in [-0.2, -0.15) is 0 Å². The van der Waals surface area contributed by atoms with E-state index in [0.717, 1.165) is 11.1 Å². The van der Waals surface area contributed by atoms with Crippen molar-refractivity contribution in [3.8, 4) is 0 Å². The van der Waals surface area contributed by atoms with E-state index in [2.05, 4.69) is 4.98 Å². The maximum atomic E-state index is 13.4. The van der Waals surface area contributed by atoms with Crippen molar-refractivity contribution in [2.24, 2.45) is 0 Å². The van der Waals surface area contributed by atoms with E-state index in [1.165, 1.54) is 12.3 Å². The molecule has 0 spiro atoms. The molecule has 2 rings (SSSR count). The topological polar surface area (TPSA) is 50.2 Å². The van der Waals surface area contributed by atoms with Crippen LogP contribution < -0.4 is 0 Å². The van der Waals surface area contributed by atoms with E-state index < -0.39 is 5.97 Å². The fourth-order valence-corrected chi connectivity index (χ4v) is 1.85. The SMILES string of the molecule is CC1=CCc2c(cncc2C(=O)O)CC=C1F. The second kappa shape index (κ2) is 4.49. The number of carboxylic acid groups (broad SMARTS) is 1. The fraction of sp³-hybridized carbons (Fsp3) is 0.231. The quantitative estimate of drug-likeness (QED) is 0.811. The Labute approximate surface area is 98.3 Å². The van der Waals surface area contributed by atoms with Gasteiger partial charge in [0.2, 0.25) is 0 Å². The summed E-state index contributed by atoms with van der Waals surface area (Å²) in [5.74, 6) is -1.25. The third-order valence-electron chi connectivity index (χ3n) is 2.87. The van der Waals surface area contributed by atoms with E-state index in [1.54, 1.807) is 19.2 Å². The minimum absolute atomic E-state index is 0.197. The lowest BCUT2D eigenvalue weighted by Gasteiger charge is -2.12. The number of pyridine rings is 1. The van der Waals surface area contributed by atoms with Gasteiger partial charge in [-0.1, -0.05) is 6.08 Å². The lowest BCUT2D eigenvalue weighted by atomic mass is 9.95. The number of carbonyl (C=O) groups is 1. The predicted molar refractivity (Wildman–Crippen MR) is 61.6 cm³/mol. The van der Waals surface area contributed by atoms with Crippen molar-refractivity contribution < 1.29 is 14.3 Å². The number of nitrogens with zero attached hydrogens (tertiary/aromatic N) is 1. The molecule has 0 aromatic carbocycles. The molecule has 0 unspecified atom stereocenters. The van der Waals surface area contributed by atoms with Crippen molar-refractivity contribution in [3.63, 3.8) is 0 Å². The van der Waals surface area contributed by atoms with Gasteiger partial charge in [-0.15, -0.1) is 0 Å². The first-order chi connectivity index (χ1) is 8.09. The molecule has 1 heterocycles. The highest BCUT2D eigenvalue weighted by Crippen LogP contribution is 2.22. The second-order valence-electron chi connectivity index (χ2n) is 3.98. The standard InChI is InChI=1S/C13H12FNO2/c1-8-2-4-10-9(3-5-12(8)14)6-15-7-11(10)13(16)17/h2,5-7H,3-4H2,1H3,(H,16,17). The smallest absolute Gasteiger partial charge is 0.337 e. The maximum absolute atomic E-state index is 13.4. The Bertz CT molecular complexity index is 532. The number of hydrogen-bond donors (Lipinski definition) is 1. The fourth-order valence-electron chi connectivity index (χ4n) is 1.85. The Kier molecular flexibility index (Phi) is 3.04. The molecular formula is C13H12FNO2. The molecule has 0 aliphatic heterocycles. The largest absolute Gasteiger partial charge is 0.478 e. The molecule has 0 saturated heterocycles. The molecule has 1 aliphatic carbocycles. The zero-order valence-corrected chi connectivity index (χ0v) is 9.40. The average Bonchev–Trinajstić information content (AvgIpc) is 2.31. The van der Waals surface area contributed by atoms with Gasteiger partial charge in [-0.25, -0.2) is 9.18 Å². The molecule has 0 bridgehead atoms. The van der Waals surface area contributed by atoms with Crippen LogP contribution in [0.3, 0.4) is 0 Å². The zero-order valence-electron chi connectivity index (χ0n) is 9.40. The molecule has 3 nitrogen and oxygen atoms in total. The number of hydrogen-bond acceptors (Lipinski definition) is 2. The van der Waals surface area contributed by atoms with Crippen LogP contribution in [0.4, 0.5) is 4.39 Å². The minimum atomic E-state index is -0.995. The molecular weight excluding hydrogens is 221 g/mol. The van der Waals surface area contributed by atoms with Gasteiger partial charge in [0.1, 0.15) is 5.83 Å². The molecule has 1 aromatic rings. The Morgan fingerprint density at radius 3 is 2.82 bits per heavy atom. The lowest BCUT2D eigenvalue weighted by molar-refractivity contribution is 0.0695. The van der Waals surface area contributed by atoms with E-state index in [9.17, 15) is 9.18 Å². The van der Waals surface area contributed by atoms with Crippen molar-refractivity contribution >= 4 is 5.97 Å². The third kappa shape index (κ3) is 2.25. The molecule has 0 saturated carbocycles. The van der Waals surface area contributed by atoms with Gasteiger partial charge >= 0.3 is 5.97 Å². The summed E-state index contributed by atoms with van der Waals surface area (Å²) in [6.45, 7) is 1.68. The van der Waals surface area contributed by atoms with Crippen LogP contribution in [0.1, 0.15) is 28.4 Å². The van der Waals surface area contributed by atoms with E-state index in [-0.39, 0.29) is 11.4 Å². The first kappa shape index (κ1) is 11.5. The summed E-state index contributed by atoms with van der Waals surface area (Å²) in [4.78, 5) is 14.9. The summed E-state index contributed by atoms with van der Waals surface area (Å²) in [5.41, 5.74) is 2.23. The highest BCUT2D eigenvalue weighted by Gasteiger charge is 2.15. The van der Waals surface area contributed by atoms with Crippen molar-refractivity contribution in [2.45, 2.75) is 19.8 Å². The zero-order chi connectivity index (χ0) is 12.4. The van der Waals surface area contributed by atoms with E-state index in [0.29, 0.717) is 18.4 Å². The Morgan fingerprint density at radius 1 is 1.35 bits per heavy atom. The van der Waals surface area contributed by atoms with Gasteiger partial charge < -0.3 is 5.11 Å². The maximum Gasteiger partial charge on any atom is 0.337 e. The molecule has 88 valence electrons. The van der Waals surface area contributed by atoms with Gasteiger partial charge in [-0.05, 0) is 42.5 Å². The van der Waals surface area contributed by atoms with Crippen LogP contribution in [-0.2, 0) is 12.8 Å². The summed E-state index contributed by atoms with van der Waals surface area (Å²) < 4.78 is 13.4. The molecule has 0 radical (unpaired) electrons. The Balaban J connectivity index is 2.54. The van der Waals surface area contributed by atoms with E-state index in [4.69, 9.17) is 5.11 Å². The van der Waals surface area contributed by atoms with E-state index in [1.807, 2.05) is 0 Å². The molecule has 1 aromatic heterocycles. The third-order valence-corrected chi connectivity index (χ3v) is 2.87. The number of fused-ring (bicyclic) bond motifs is 1. The van der Waals surface area contributed by atoms with Crippen LogP contribution in [0.2, 0.25) is 0 Å². The monoisotopic (exact) mass is 233 g/mol. The van der Waals surface area contributed by atoms with Crippen LogP contribution in [0.15, 0.2) is 35.9 Å². The van der Waals surface area contributed by atoms with Crippen molar-refractivity contribution in [1.29, 1.82) is 0 Å². The molecule has 4 heteroatoms. The van der Waals surface area contributed by atoms with Crippen LogP contribution in [0.25, 0.3) is 0 Å². The van der Waals surface area contributed by atoms with Crippen molar-refractivity contribution in [2.75, 3.05) is 0 Å². The summed E-state index contributed by atoms with van der Waals surface area (Å²) >= 11 is 0. The van der Waals surface area contributed by atoms with Crippen molar-refractivity contribution in [3.05, 3.63) is 52.6 Å². The predicted octanol–water partition coefficient (Wildman–Crippen LogP) is 2.68. The molecule has 1 aliphatic rings. The van der Waals surface area contributed by atoms with E-state index >= 15 is 0 Å². The highest BCUT2D eigenvalue weighted by molar-refractivity contribution is 5.89. The van der Waals surface area contributed by atoms with Crippen LogP contribution in [0, 0.1) is 0 Å². The molecule has 0 fully saturated rings. The number of halogens is 1. The normalized spacial score (nSPS) is 15.2. The summed E-state index contributed by atoms with van der Waals surface area (Å²) in [6, 6.07) is 0. The summed E-state index contributed by atoms with van der Waals surface area (Å²) in [6.07, 6.45) is 6.90. The van der Waals surface area contributed by atoms with Crippen LogP contribution >= 0.6 is 0 Å².